The second-order valence-electron chi connectivity index (χ2n) is 9.96. The molecule has 0 spiro atoms. The van der Waals surface area contributed by atoms with Crippen LogP contribution in [0.4, 0.5) is 5.95 Å². The fourth-order valence-electron chi connectivity index (χ4n) is 4.85. The molecule has 8 nitrogen and oxygen atoms in total. The van der Waals surface area contributed by atoms with Crippen molar-refractivity contribution in [3.63, 3.8) is 0 Å². The Hall–Kier alpha value is -2.00. The third kappa shape index (κ3) is 6.12. The zero-order valence-electron chi connectivity index (χ0n) is 20.2. The molecule has 0 aromatic carbocycles. The van der Waals surface area contributed by atoms with Gasteiger partial charge < -0.3 is 19.4 Å². The van der Waals surface area contributed by atoms with Gasteiger partial charge in [0.2, 0.25) is 11.9 Å². The molecule has 33 heavy (non-hydrogen) atoms. The number of thioether (sulfide) groups is 1. The molecule has 2 aromatic heterocycles. The van der Waals surface area contributed by atoms with E-state index >= 15 is 0 Å². The summed E-state index contributed by atoms with van der Waals surface area (Å²) in [4.78, 5) is 15.4. The van der Waals surface area contributed by atoms with Gasteiger partial charge in [-0.1, -0.05) is 39.5 Å². The Balaban J connectivity index is 1.54. The molecule has 4 heterocycles. The van der Waals surface area contributed by atoms with Crippen LogP contribution in [0.5, 0.6) is 0 Å². The van der Waals surface area contributed by atoms with E-state index in [1.54, 1.807) is 6.26 Å². The molecule has 2 aliphatic heterocycles. The summed E-state index contributed by atoms with van der Waals surface area (Å²) in [6.45, 7) is 12.5. The highest BCUT2D eigenvalue weighted by atomic mass is 32.2. The van der Waals surface area contributed by atoms with E-state index in [0.717, 1.165) is 49.4 Å². The molecule has 1 amide bonds. The summed E-state index contributed by atoms with van der Waals surface area (Å²) in [6.07, 6.45) is 5.11. The van der Waals surface area contributed by atoms with Crippen molar-refractivity contribution in [2.24, 2.45) is 17.8 Å². The van der Waals surface area contributed by atoms with Gasteiger partial charge in [-0.05, 0) is 49.1 Å². The molecule has 2 aromatic rings. The minimum absolute atomic E-state index is 0.0276. The maximum atomic E-state index is 13.1. The molecule has 4 rings (SSSR count). The van der Waals surface area contributed by atoms with Gasteiger partial charge in [-0.15, -0.1) is 10.2 Å². The lowest BCUT2D eigenvalue weighted by Crippen LogP contribution is -2.40. The number of nitrogens with zero attached hydrogens (tertiary/aromatic N) is 4. The van der Waals surface area contributed by atoms with Crippen LogP contribution in [0.25, 0.3) is 0 Å². The van der Waals surface area contributed by atoms with Crippen LogP contribution in [-0.4, -0.2) is 58.3 Å². The van der Waals surface area contributed by atoms with Crippen molar-refractivity contribution in [1.29, 1.82) is 0 Å². The number of rotatable bonds is 9. The summed E-state index contributed by atoms with van der Waals surface area (Å²) in [5.74, 6) is 3.08. The molecule has 2 fully saturated rings. The molecule has 1 N–H and O–H groups in total. The van der Waals surface area contributed by atoms with E-state index in [1.165, 1.54) is 18.2 Å². The molecule has 182 valence electrons. The van der Waals surface area contributed by atoms with Gasteiger partial charge in [-0.3, -0.25) is 9.36 Å². The summed E-state index contributed by atoms with van der Waals surface area (Å²) in [5.41, 5.74) is 0. The van der Waals surface area contributed by atoms with Gasteiger partial charge in [-0.25, -0.2) is 0 Å². The van der Waals surface area contributed by atoms with E-state index in [0.29, 0.717) is 24.9 Å². The average molecular weight is 476 g/mol. The lowest BCUT2D eigenvalue weighted by atomic mass is 9.92. The van der Waals surface area contributed by atoms with Crippen molar-refractivity contribution in [3.05, 3.63) is 24.2 Å². The number of carbonyl (C=O) groups is 1. The number of nitrogens with one attached hydrogen (secondary N) is 1. The standard InChI is InChI=1S/C24H37N5O3S/c1-16(2)21(22(30)25-12-19-7-5-9-31-19)33-24-27-26-23(28-13-17(3)11-18(4)14-28)29(24)15-20-8-6-10-32-20/h6,8,10,16-19,21H,5,7,9,11-15H2,1-4H3,(H,25,30). The zero-order valence-corrected chi connectivity index (χ0v) is 21.0. The SMILES string of the molecule is CC1CC(C)CN(c2nnc(SC(C(=O)NCC3CCCO3)C(C)C)n2Cc2ccco2)C1. The molecule has 2 saturated heterocycles. The summed E-state index contributed by atoms with van der Waals surface area (Å²) in [7, 11) is 0. The van der Waals surface area contributed by atoms with Crippen LogP contribution >= 0.6 is 11.8 Å². The van der Waals surface area contributed by atoms with Crippen molar-refractivity contribution in [2.45, 2.75) is 70.0 Å². The fraction of sp³-hybridized carbons (Fsp3) is 0.708. The lowest BCUT2D eigenvalue weighted by Gasteiger charge is -2.35. The molecular weight excluding hydrogens is 438 g/mol. The lowest BCUT2D eigenvalue weighted by molar-refractivity contribution is -0.121. The summed E-state index contributed by atoms with van der Waals surface area (Å²) in [6, 6.07) is 3.86. The van der Waals surface area contributed by atoms with Gasteiger partial charge in [0.1, 0.15) is 5.76 Å². The predicted octanol–water partition coefficient (Wildman–Crippen LogP) is 3.81. The minimum atomic E-state index is -0.266. The Labute approximate surface area is 200 Å². The first-order valence-corrected chi connectivity index (χ1v) is 13.0. The number of amides is 1. The van der Waals surface area contributed by atoms with Crippen LogP contribution in [0.15, 0.2) is 28.0 Å². The van der Waals surface area contributed by atoms with Crippen LogP contribution in [0.2, 0.25) is 0 Å². The van der Waals surface area contributed by atoms with E-state index in [2.05, 4.69) is 52.7 Å². The van der Waals surface area contributed by atoms with Crippen molar-refractivity contribution in [1.82, 2.24) is 20.1 Å². The first kappa shape index (κ1) is 24.1. The Morgan fingerprint density at radius 2 is 2.06 bits per heavy atom. The number of carbonyl (C=O) groups excluding carboxylic acids is 1. The topological polar surface area (TPSA) is 85.4 Å². The average Bonchev–Trinajstić information content (AvgIpc) is 3.52. The molecule has 0 saturated carbocycles. The molecular formula is C24H37N5O3S. The number of ether oxygens (including phenoxy) is 1. The van der Waals surface area contributed by atoms with Crippen LogP contribution < -0.4 is 10.2 Å². The smallest absolute Gasteiger partial charge is 0.233 e. The van der Waals surface area contributed by atoms with Crippen molar-refractivity contribution < 1.29 is 13.9 Å². The number of hydrogen-bond donors (Lipinski definition) is 1. The highest BCUT2D eigenvalue weighted by Crippen LogP contribution is 2.32. The van der Waals surface area contributed by atoms with Gasteiger partial charge in [0.05, 0.1) is 24.2 Å². The van der Waals surface area contributed by atoms with Crippen molar-refractivity contribution in [2.75, 3.05) is 31.1 Å². The normalized spacial score (nSPS) is 24.4. The number of piperidine rings is 1. The fourth-order valence-corrected chi connectivity index (χ4v) is 5.90. The highest BCUT2D eigenvalue weighted by Gasteiger charge is 2.31. The largest absolute Gasteiger partial charge is 0.467 e. The van der Waals surface area contributed by atoms with Crippen LogP contribution in [0.3, 0.4) is 0 Å². The zero-order chi connectivity index (χ0) is 23.4. The Morgan fingerprint density at radius 1 is 1.27 bits per heavy atom. The van der Waals surface area contributed by atoms with Gasteiger partial charge in [0, 0.05) is 26.2 Å². The minimum Gasteiger partial charge on any atom is -0.467 e. The monoisotopic (exact) mass is 475 g/mol. The molecule has 0 radical (unpaired) electrons. The van der Waals surface area contributed by atoms with Gasteiger partial charge in [0.25, 0.3) is 0 Å². The number of aromatic nitrogens is 3. The van der Waals surface area contributed by atoms with Crippen molar-refractivity contribution >= 4 is 23.6 Å². The Bertz CT molecular complexity index is 884. The maximum Gasteiger partial charge on any atom is 0.233 e. The van der Waals surface area contributed by atoms with E-state index in [4.69, 9.17) is 9.15 Å². The molecule has 0 aliphatic carbocycles. The number of anilines is 1. The third-order valence-corrected chi connectivity index (χ3v) is 7.89. The summed E-state index contributed by atoms with van der Waals surface area (Å²) < 4.78 is 13.4. The van der Waals surface area contributed by atoms with Crippen LogP contribution in [-0.2, 0) is 16.1 Å². The quantitative estimate of drug-likeness (QED) is 0.552. The third-order valence-electron chi connectivity index (χ3n) is 6.37. The molecule has 9 heteroatoms. The Morgan fingerprint density at radius 3 is 2.70 bits per heavy atom. The van der Waals surface area contributed by atoms with E-state index in [1.807, 2.05) is 12.1 Å². The van der Waals surface area contributed by atoms with Crippen molar-refractivity contribution in [3.8, 4) is 0 Å². The first-order valence-electron chi connectivity index (χ1n) is 12.2. The van der Waals surface area contributed by atoms with E-state index in [-0.39, 0.29) is 23.2 Å². The number of hydrogen-bond acceptors (Lipinski definition) is 7. The molecule has 4 atom stereocenters. The predicted molar refractivity (Wildman–Crippen MR) is 129 cm³/mol. The molecule has 4 unspecified atom stereocenters. The summed E-state index contributed by atoms with van der Waals surface area (Å²) >= 11 is 1.49. The maximum absolute atomic E-state index is 13.1. The van der Waals surface area contributed by atoms with E-state index in [9.17, 15) is 4.79 Å². The first-order chi connectivity index (χ1) is 15.9. The Kier molecular flexibility index (Phi) is 8.01. The molecule has 0 bridgehead atoms. The molecule has 2 aliphatic rings. The van der Waals surface area contributed by atoms with Crippen LogP contribution in [0.1, 0.15) is 52.7 Å². The van der Waals surface area contributed by atoms with Gasteiger partial charge >= 0.3 is 0 Å². The number of furan rings is 1. The summed E-state index contributed by atoms with van der Waals surface area (Å²) in [5, 5.41) is 12.7. The second-order valence-corrected chi connectivity index (χ2v) is 11.1. The second kappa shape index (κ2) is 11.0. The van der Waals surface area contributed by atoms with E-state index < -0.39 is 0 Å². The van der Waals surface area contributed by atoms with Gasteiger partial charge in [0.15, 0.2) is 5.16 Å². The highest BCUT2D eigenvalue weighted by molar-refractivity contribution is 8.00. The van der Waals surface area contributed by atoms with Crippen LogP contribution in [0, 0.1) is 17.8 Å². The van der Waals surface area contributed by atoms with Gasteiger partial charge in [-0.2, -0.15) is 0 Å².